The van der Waals surface area contributed by atoms with Crippen molar-refractivity contribution in [3.63, 3.8) is 0 Å². The van der Waals surface area contributed by atoms with Crippen LogP contribution in [0.25, 0.3) is 0 Å². The molecule has 0 radical (unpaired) electrons. The monoisotopic (exact) mass is 382 g/mol. The Morgan fingerprint density at radius 3 is 2.70 bits per heavy atom. The minimum absolute atomic E-state index is 0. The van der Waals surface area contributed by atoms with Crippen molar-refractivity contribution in [2.75, 3.05) is 39.3 Å². The van der Waals surface area contributed by atoms with Crippen molar-refractivity contribution >= 4 is 39.9 Å². The maximum absolute atomic E-state index is 6.19. The lowest BCUT2D eigenvalue weighted by Crippen LogP contribution is -2.43. The second-order valence-corrected chi connectivity index (χ2v) is 6.11. The number of nitrogens with one attached hydrogen (secondary N) is 1. The molecule has 1 aliphatic rings. The summed E-state index contributed by atoms with van der Waals surface area (Å²) in [5, 5.41) is 4.03. The zero-order valence-electron chi connectivity index (χ0n) is 11.6. The van der Waals surface area contributed by atoms with Crippen LogP contribution < -0.4 is 10.1 Å². The maximum Gasteiger partial charge on any atom is 0.152 e. The second-order valence-electron chi connectivity index (χ2n) is 4.85. The van der Waals surface area contributed by atoms with Crippen molar-refractivity contribution in [1.29, 1.82) is 0 Å². The van der Waals surface area contributed by atoms with Crippen LogP contribution in [0.3, 0.4) is 0 Å². The summed E-state index contributed by atoms with van der Waals surface area (Å²) in [5.41, 5.74) is 1.13. The summed E-state index contributed by atoms with van der Waals surface area (Å²) in [6, 6.07) is 3.95. The van der Waals surface area contributed by atoms with Crippen LogP contribution in [0.2, 0.25) is 5.02 Å². The quantitative estimate of drug-likeness (QED) is 0.787. The second kappa shape index (κ2) is 9.11. The number of aryl methyl sites for hydroxylation is 1. The van der Waals surface area contributed by atoms with Crippen molar-refractivity contribution in [3.05, 3.63) is 27.2 Å². The number of nitrogens with zero attached hydrogens (tertiary/aromatic N) is 1. The molecule has 0 aliphatic carbocycles. The average Bonchev–Trinajstić information content (AvgIpc) is 2.38. The number of ether oxygens (including phenoxy) is 1. The summed E-state index contributed by atoms with van der Waals surface area (Å²) in [7, 11) is 0. The fourth-order valence-corrected chi connectivity index (χ4v) is 3.35. The van der Waals surface area contributed by atoms with Crippen LogP contribution in [-0.4, -0.2) is 44.2 Å². The number of hydrogen-bond acceptors (Lipinski definition) is 3. The molecule has 6 heteroatoms. The van der Waals surface area contributed by atoms with Crippen LogP contribution in [0.5, 0.6) is 5.75 Å². The van der Waals surface area contributed by atoms with E-state index in [1.54, 1.807) is 0 Å². The third-order valence-corrected chi connectivity index (χ3v) is 4.09. The number of halogens is 3. The molecule has 0 amide bonds. The highest BCUT2D eigenvalue weighted by Crippen LogP contribution is 2.34. The molecule has 1 saturated heterocycles. The van der Waals surface area contributed by atoms with Crippen molar-refractivity contribution < 1.29 is 4.74 Å². The summed E-state index contributed by atoms with van der Waals surface area (Å²) in [6.45, 7) is 8.26. The van der Waals surface area contributed by atoms with Gasteiger partial charge in [0, 0.05) is 32.7 Å². The van der Waals surface area contributed by atoms with Crippen LogP contribution >= 0.6 is 39.9 Å². The summed E-state index contributed by atoms with van der Waals surface area (Å²) in [6.07, 6.45) is 1.02. The zero-order chi connectivity index (χ0) is 13.7. The predicted octanol–water partition coefficient (Wildman–Crippen LogP) is 3.51. The summed E-state index contributed by atoms with van der Waals surface area (Å²) in [4.78, 5) is 2.46. The van der Waals surface area contributed by atoms with Gasteiger partial charge in [-0.1, -0.05) is 11.6 Å². The van der Waals surface area contributed by atoms with E-state index in [2.05, 4.69) is 26.1 Å². The highest BCUT2D eigenvalue weighted by molar-refractivity contribution is 9.10. The molecule has 0 aromatic heterocycles. The third kappa shape index (κ3) is 5.41. The first-order chi connectivity index (χ1) is 9.16. The topological polar surface area (TPSA) is 24.5 Å². The first-order valence-corrected chi connectivity index (χ1v) is 7.85. The number of hydrogen-bond donors (Lipinski definition) is 1. The first kappa shape index (κ1) is 18.1. The van der Waals surface area contributed by atoms with Gasteiger partial charge in [-0.2, -0.15) is 0 Å². The molecule has 1 aromatic carbocycles. The van der Waals surface area contributed by atoms with Crippen molar-refractivity contribution in [3.8, 4) is 5.75 Å². The maximum atomic E-state index is 6.19. The van der Waals surface area contributed by atoms with Crippen molar-refractivity contribution in [2.45, 2.75) is 13.3 Å². The number of benzene rings is 1. The molecule has 0 saturated carbocycles. The number of piperazine rings is 1. The molecule has 1 N–H and O–H groups in total. The van der Waals surface area contributed by atoms with E-state index >= 15 is 0 Å². The molecule has 1 heterocycles. The van der Waals surface area contributed by atoms with Crippen molar-refractivity contribution in [1.82, 2.24) is 10.2 Å². The minimum Gasteiger partial charge on any atom is -0.491 e. The molecule has 2 rings (SSSR count). The van der Waals surface area contributed by atoms with E-state index in [9.17, 15) is 0 Å². The molecule has 3 nitrogen and oxygen atoms in total. The van der Waals surface area contributed by atoms with Crippen molar-refractivity contribution in [2.24, 2.45) is 0 Å². The zero-order valence-corrected chi connectivity index (χ0v) is 14.8. The minimum atomic E-state index is 0. The van der Waals surface area contributed by atoms with Crippen LogP contribution in [0.1, 0.15) is 12.0 Å². The Bertz CT molecular complexity index is 403. The largest absolute Gasteiger partial charge is 0.491 e. The van der Waals surface area contributed by atoms with E-state index in [0.717, 1.165) is 54.9 Å². The molecule has 20 heavy (non-hydrogen) atoms. The first-order valence-electron chi connectivity index (χ1n) is 6.68. The molecule has 0 atom stereocenters. The Balaban J connectivity index is 0.00000200. The Labute approximate surface area is 140 Å². The molecule has 1 aromatic rings. The lowest BCUT2D eigenvalue weighted by molar-refractivity contribution is 0.213. The van der Waals surface area contributed by atoms with E-state index < -0.39 is 0 Å². The van der Waals surface area contributed by atoms with Gasteiger partial charge in [0.15, 0.2) is 5.75 Å². The lowest BCUT2D eigenvalue weighted by Gasteiger charge is -2.27. The highest BCUT2D eigenvalue weighted by Gasteiger charge is 2.10. The Kier molecular flexibility index (Phi) is 8.22. The fourth-order valence-electron chi connectivity index (χ4n) is 2.22. The fraction of sp³-hybridized carbons (Fsp3) is 0.571. The van der Waals surface area contributed by atoms with E-state index in [4.69, 9.17) is 16.3 Å². The Morgan fingerprint density at radius 2 is 2.05 bits per heavy atom. The molecule has 114 valence electrons. The number of rotatable bonds is 5. The molecular weight excluding hydrogens is 363 g/mol. The van der Waals surface area contributed by atoms with Gasteiger partial charge in [0.05, 0.1) is 16.1 Å². The summed E-state index contributed by atoms with van der Waals surface area (Å²) < 4.78 is 6.72. The molecule has 0 spiro atoms. The van der Waals surface area contributed by atoms with Crippen LogP contribution in [-0.2, 0) is 0 Å². The molecule has 1 aliphatic heterocycles. The van der Waals surface area contributed by atoms with Gasteiger partial charge in [0.2, 0.25) is 0 Å². The van der Waals surface area contributed by atoms with E-state index in [-0.39, 0.29) is 12.4 Å². The summed E-state index contributed by atoms with van der Waals surface area (Å²) >= 11 is 9.69. The van der Waals surface area contributed by atoms with Gasteiger partial charge in [-0.15, -0.1) is 12.4 Å². The van der Waals surface area contributed by atoms with Gasteiger partial charge in [-0.3, -0.25) is 0 Å². The molecule has 0 unspecified atom stereocenters. The Hall–Kier alpha value is -0.0000000000000000555. The average molecular weight is 384 g/mol. The van der Waals surface area contributed by atoms with Crippen LogP contribution in [0, 0.1) is 6.92 Å². The SMILES string of the molecule is Cc1cc(Cl)c(OCCCN2CCNCC2)c(Br)c1.Cl. The molecule has 0 bridgehead atoms. The van der Waals surface area contributed by atoms with Crippen LogP contribution in [0.15, 0.2) is 16.6 Å². The van der Waals surface area contributed by atoms with Gasteiger partial charge in [0.1, 0.15) is 0 Å². The molecule has 1 fully saturated rings. The third-order valence-electron chi connectivity index (χ3n) is 3.22. The van der Waals surface area contributed by atoms with E-state index in [0.29, 0.717) is 11.6 Å². The standard InChI is InChI=1S/C14H20BrClN2O.ClH/c1-11-9-12(15)14(13(16)10-11)19-8-2-5-18-6-3-17-4-7-18;/h9-10,17H,2-8H2,1H3;1H. The normalized spacial score (nSPS) is 15.8. The van der Waals surface area contributed by atoms with Gasteiger partial charge < -0.3 is 15.0 Å². The van der Waals surface area contributed by atoms with Gasteiger partial charge in [0.25, 0.3) is 0 Å². The predicted molar refractivity (Wildman–Crippen MR) is 90.6 cm³/mol. The highest BCUT2D eigenvalue weighted by atomic mass is 79.9. The van der Waals surface area contributed by atoms with Gasteiger partial charge in [-0.25, -0.2) is 0 Å². The molecular formula is C14H21BrCl2N2O. The lowest BCUT2D eigenvalue weighted by atomic mass is 10.2. The van der Waals surface area contributed by atoms with E-state index in [1.165, 1.54) is 0 Å². The van der Waals surface area contributed by atoms with E-state index in [1.807, 2.05) is 19.1 Å². The Morgan fingerprint density at radius 1 is 1.35 bits per heavy atom. The van der Waals surface area contributed by atoms with Crippen LogP contribution in [0.4, 0.5) is 0 Å². The van der Waals surface area contributed by atoms with Gasteiger partial charge >= 0.3 is 0 Å². The smallest absolute Gasteiger partial charge is 0.152 e. The van der Waals surface area contributed by atoms with Gasteiger partial charge in [-0.05, 0) is 47.0 Å². The summed E-state index contributed by atoms with van der Waals surface area (Å²) in [5.74, 6) is 0.757.